The molecule has 0 amide bonds. The second kappa shape index (κ2) is 4.55. The van der Waals surface area contributed by atoms with E-state index in [1.807, 2.05) is 23.6 Å². The summed E-state index contributed by atoms with van der Waals surface area (Å²) in [6.45, 7) is 0. The average molecular weight is 238 g/mol. The van der Waals surface area contributed by atoms with Crippen LogP contribution in [0, 0.1) is 0 Å². The van der Waals surface area contributed by atoms with E-state index in [0.29, 0.717) is 5.03 Å². The maximum Gasteiger partial charge on any atom is 0.127 e. The fraction of sp³-hybridized carbons (Fsp3) is 0.100. The van der Waals surface area contributed by atoms with Crippen molar-refractivity contribution in [3.63, 3.8) is 0 Å². The molecule has 0 spiro atoms. The topological polar surface area (TPSA) is 42.0 Å². The molecule has 0 aliphatic heterocycles. The van der Waals surface area contributed by atoms with Crippen molar-refractivity contribution in [2.45, 2.75) is 5.03 Å². The van der Waals surface area contributed by atoms with Gasteiger partial charge in [0, 0.05) is 6.26 Å². The molecule has 1 atom stereocenters. The second-order valence-corrected chi connectivity index (χ2v) is 5.22. The fourth-order valence-electron chi connectivity index (χ4n) is 1.12. The molecule has 2 aromatic rings. The van der Waals surface area contributed by atoms with Crippen LogP contribution in [0.4, 0.5) is 10.7 Å². The molecular formula is C10H10N2OS2. The van der Waals surface area contributed by atoms with Crippen molar-refractivity contribution in [3.8, 4) is 0 Å². The lowest BCUT2D eigenvalue weighted by Gasteiger charge is -2.02. The van der Waals surface area contributed by atoms with Gasteiger partial charge in [-0.2, -0.15) is 0 Å². The van der Waals surface area contributed by atoms with Gasteiger partial charge in [-0.3, -0.25) is 4.21 Å². The highest BCUT2D eigenvalue weighted by Crippen LogP contribution is 2.20. The molecule has 1 unspecified atom stereocenters. The summed E-state index contributed by atoms with van der Waals surface area (Å²) in [6.07, 6.45) is 3.31. The van der Waals surface area contributed by atoms with Crippen molar-refractivity contribution in [2.24, 2.45) is 0 Å². The van der Waals surface area contributed by atoms with Crippen molar-refractivity contribution < 1.29 is 4.21 Å². The first-order valence-electron chi connectivity index (χ1n) is 4.36. The number of aromatic nitrogens is 1. The third kappa shape index (κ3) is 2.64. The Kier molecular flexibility index (Phi) is 3.13. The molecule has 0 fully saturated rings. The van der Waals surface area contributed by atoms with Gasteiger partial charge in [0.15, 0.2) is 0 Å². The molecule has 0 aromatic carbocycles. The van der Waals surface area contributed by atoms with Crippen LogP contribution in [0.25, 0.3) is 0 Å². The number of rotatable bonds is 3. The Balaban J connectivity index is 2.14. The van der Waals surface area contributed by atoms with Crippen LogP contribution in [0.3, 0.4) is 0 Å². The van der Waals surface area contributed by atoms with Crippen LogP contribution in [0.2, 0.25) is 0 Å². The third-order valence-corrected chi connectivity index (χ3v) is 3.44. The normalized spacial score (nSPS) is 12.3. The summed E-state index contributed by atoms with van der Waals surface area (Å²) in [5.41, 5.74) is 0.909. The van der Waals surface area contributed by atoms with Gasteiger partial charge in [-0.25, -0.2) is 4.98 Å². The molecule has 0 aliphatic rings. The second-order valence-electron chi connectivity index (χ2n) is 2.94. The summed E-state index contributed by atoms with van der Waals surface area (Å²) >= 11 is 1.63. The van der Waals surface area contributed by atoms with Gasteiger partial charge >= 0.3 is 0 Å². The van der Waals surface area contributed by atoms with Gasteiger partial charge in [0.25, 0.3) is 0 Å². The molecule has 2 rings (SSSR count). The van der Waals surface area contributed by atoms with E-state index >= 15 is 0 Å². The predicted octanol–water partition coefficient (Wildman–Crippen LogP) is 2.62. The standard InChI is InChI=1S/C10H10N2OS2/c1-15(13)10-5-4-8(7-11-10)12-9-3-2-6-14-9/h2-7,12H,1H3. The first-order chi connectivity index (χ1) is 7.25. The van der Waals surface area contributed by atoms with E-state index in [-0.39, 0.29) is 0 Å². The molecule has 0 saturated heterocycles. The summed E-state index contributed by atoms with van der Waals surface area (Å²) in [4.78, 5) is 4.10. The number of nitrogens with one attached hydrogen (secondary N) is 1. The van der Waals surface area contributed by atoms with Crippen LogP contribution >= 0.6 is 11.3 Å². The number of anilines is 2. The summed E-state index contributed by atoms with van der Waals surface area (Å²) < 4.78 is 11.1. The molecule has 0 saturated carbocycles. The van der Waals surface area contributed by atoms with Crippen molar-refractivity contribution >= 4 is 32.8 Å². The summed E-state index contributed by atoms with van der Waals surface area (Å²) in [6, 6.07) is 7.63. The Bertz CT molecular complexity index is 451. The van der Waals surface area contributed by atoms with Crippen molar-refractivity contribution in [1.29, 1.82) is 0 Å². The van der Waals surface area contributed by atoms with E-state index in [1.165, 1.54) is 0 Å². The smallest absolute Gasteiger partial charge is 0.127 e. The van der Waals surface area contributed by atoms with Crippen molar-refractivity contribution in [2.75, 3.05) is 11.6 Å². The maximum atomic E-state index is 11.1. The highest BCUT2D eigenvalue weighted by Gasteiger charge is 1.99. The molecule has 0 aliphatic carbocycles. The minimum Gasteiger partial charge on any atom is -0.346 e. The van der Waals surface area contributed by atoms with E-state index < -0.39 is 10.8 Å². The summed E-state index contributed by atoms with van der Waals surface area (Å²) in [5.74, 6) is 0. The largest absolute Gasteiger partial charge is 0.346 e. The first-order valence-corrected chi connectivity index (χ1v) is 6.79. The van der Waals surface area contributed by atoms with Gasteiger partial charge in [-0.1, -0.05) is 0 Å². The van der Waals surface area contributed by atoms with Crippen LogP contribution in [0.1, 0.15) is 0 Å². The number of nitrogens with zero attached hydrogens (tertiary/aromatic N) is 1. The number of hydrogen-bond acceptors (Lipinski definition) is 4. The molecule has 2 heterocycles. The van der Waals surface area contributed by atoms with Gasteiger partial charge in [0.2, 0.25) is 0 Å². The first kappa shape index (κ1) is 10.3. The van der Waals surface area contributed by atoms with Crippen LogP contribution in [0.15, 0.2) is 40.9 Å². The fourth-order valence-corrected chi connectivity index (χ4v) is 2.21. The molecular weight excluding hydrogens is 228 g/mol. The third-order valence-electron chi connectivity index (χ3n) is 1.82. The van der Waals surface area contributed by atoms with Gasteiger partial charge in [-0.15, -0.1) is 11.3 Å². The number of thiophene rings is 1. The molecule has 15 heavy (non-hydrogen) atoms. The Morgan fingerprint density at radius 2 is 2.27 bits per heavy atom. The molecule has 0 radical (unpaired) electrons. The molecule has 3 nitrogen and oxygen atoms in total. The van der Waals surface area contributed by atoms with Crippen LogP contribution in [-0.2, 0) is 10.8 Å². The van der Waals surface area contributed by atoms with E-state index in [4.69, 9.17) is 0 Å². The zero-order chi connectivity index (χ0) is 10.7. The van der Waals surface area contributed by atoms with Crippen molar-refractivity contribution in [1.82, 2.24) is 4.98 Å². The van der Waals surface area contributed by atoms with E-state index in [1.54, 1.807) is 29.9 Å². The lowest BCUT2D eigenvalue weighted by molar-refractivity contribution is 0.684. The minimum atomic E-state index is -1.01. The zero-order valence-corrected chi connectivity index (χ0v) is 9.77. The average Bonchev–Trinajstić information content (AvgIpc) is 2.71. The molecule has 5 heteroatoms. The zero-order valence-electron chi connectivity index (χ0n) is 8.14. The monoisotopic (exact) mass is 238 g/mol. The van der Waals surface area contributed by atoms with E-state index in [9.17, 15) is 4.21 Å². The molecule has 0 bridgehead atoms. The lowest BCUT2D eigenvalue weighted by Crippen LogP contribution is -1.93. The van der Waals surface area contributed by atoms with Gasteiger partial charge in [0.1, 0.15) is 5.03 Å². The van der Waals surface area contributed by atoms with Crippen LogP contribution in [0.5, 0.6) is 0 Å². The van der Waals surface area contributed by atoms with Gasteiger partial charge < -0.3 is 5.32 Å². The van der Waals surface area contributed by atoms with Crippen LogP contribution in [-0.4, -0.2) is 15.4 Å². The van der Waals surface area contributed by atoms with Crippen molar-refractivity contribution in [3.05, 3.63) is 35.8 Å². The van der Waals surface area contributed by atoms with Crippen LogP contribution < -0.4 is 5.32 Å². The Hall–Kier alpha value is -1.20. The Labute approximate surface area is 94.6 Å². The quantitative estimate of drug-likeness (QED) is 0.893. The SMILES string of the molecule is CS(=O)c1ccc(Nc2cccs2)cn1. The van der Waals surface area contributed by atoms with Gasteiger partial charge in [0.05, 0.1) is 27.7 Å². The Morgan fingerprint density at radius 1 is 1.40 bits per heavy atom. The highest BCUT2D eigenvalue weighted by atomic mass is 32.2. The minimum absolute atomic E-state index is 0.603. The summed E-state index contributed by atoms with van der Waals surface area (Å²) in [7, 11) is -1.01. The predicted molar refractivity (Wildman–Crippen MR) is 64.2 cm³/mol. The van der Waals surface area contributed by atoms with E-state index in [2.05, 4.69) is 10.3 Å². The Morgan fingerprint density at radius 3 is 2.80 bits per heavy atom. The molecule has 1 N–H and O–H groups in total. The number of hydrogen-bond donors (Lipinski definition) is 1. The highest BCUT2D eigenvalue weighted by molar-refractivity contribution is 7.84. The number of pyridine rings is 1. The van der Waals surface area contributed by atoms with E-state index in [0.717, 1.165) is 10.7 Å². The molecule has 2 aromatic heterocycles. The van der Waals surface area contributed by atoms with Gasteiger partial charge in [-0.05, 0) is 29.6 Å². The maximum absolute atomic E-state index is 11.1. The lowest BCUT2D eigenvalue weighted by atomic mass is 10.4. The summed E-state index contributed by atoms with van der Waals surface area (Å²) in [5, 5.41) is 6.89. The molecule has 78 valence electrons.